The van der Waals surface area contributed by atoms with Crippen LogP contribution in [0.3, 0.4) is 0 Å². The molecule has 0 aliphatic carbocycles. The molecule has 0 aliphatic rings. The second-order valence-electron chi connectivity index (χ2n) is 5.42. The maximum absolute atomic E-state index is 5.70. The van der Waals surface area contributed by atoms with E-state index in [4.69, 9.17) is 4.74 Å². The van der Waals surface area contributed by atoms with Gasteiger partial charge in [0.2, 0.25) is 0 Å². The van der Waals surface area contributed by atoms with Crippen molar-refractivity contribution < 1.29 is 4.74 Å². The Morgan fingerprint density at radius 3 is 2.67 bits per heavy atom. The zero-order chi connectivity index (χ0) is 15.2. The van der Waals surface area contributed by atoms with Gasteiger partial charge in [-0.2, -0.15) is 0 Å². The number of methoxy groups -OCH3 is 1. The summed E-state index contributed by atoms with van der Waals surface area (Å²) in [6.07, 6.45) is 2.14. The first-order chi connectivity index (χ1) is 10.2. The van der Waals surface area contributed by atoms with E-state index in [0.717, 1.165) is 25.1 Å². The van der Waals surface area contributed by atoms with Gasteiger partial charge in [-0.05, 0) is 49.4 Å². The van der Waals surface area contributed by atoms with Gasteiger partial charge in [-0.3, -0.25) is 0 Å². The molecule has 1 aromatic carbocycles. The van der Waals surface area contributed by atoms with E-state index in [1.54, 1.807) is 7.11 Å². The maximum Gasteiger partial charge on any atom is 0.126 e. The lowest BCUT2D eigenvalue weighted by Crippen LogP contribution is -2.24. The number of rotatable bonds is 7. The minimum atomic E-state index is 0.304. The van der Waals surface area contributed by atoms with Crippen LogP contribution in [0.1, 0.15) is 41.0 Å². The highest BCUT2D eigenvalue weighted by atomic mass is 32.1. The van der Waals surface area contributed by atoms with E-state index >= 15 is 0 Å². The first-order valence-electron chi connectivity index (χ1n) is 7.57. The van der Waals surface area contributed by atoms with Crippen LogP contribution in [0.4, 0.5) is 0 Å². The molecule has 21 heavy (non-hydrogen) atoms. The molecule has 0 saturated carbocycles. The Morgan fingerprint density at radius 1 is 1.24 bits per heavy atom. The highest BCUT2D eigenvalue weighted by Gasteiger charge is 2.18. The lowest BCUT2D eigenvalue weighted by atomic mass is 9.96. The van der Waals surface area contributed by atoms with Crippen molar-refractivity contribution >= 4 is 11.3 Å². The molecule has 114 valence electrons. The molecule has 1 atom stereocenters. The zero-order valence-electron chi connectivity index (χ0n) is 13.4. The van der Waals surface area contributed by atoms with Gasteiger partial charge in [0.05, 0.1) is 7.11 Å². The van der Waals surface area contributed by atoms with Crippen molar-refractivity contribution in [2.75, 3.05) is 13.7 Å². The third-order valence-electron chi connectivity index (χ3n) is 3.91. The van der Waals surface area contributed by atoms with E-state index in [1.807, 2.05) is 11.3 Å². The molecule has 3 heteroatoms. The number of benzene rings is 1. The van der Waals surface area contributed by atoms with Crippen molar-refractivity contribution in [3.8, 4) is 5.75 Å². The predicted octanol–water partition coefficient (Wildman–Crippen LogP) is 4.66. The Labute approximate surface area is 132 Å². The van der Waals surface area contributed by atoms with Crippen LogP contribution in [-0.4, -0.2) is 13.7 Å². The van der Waals surface area contributed by atoms with Crippen molar-refractivity contribution in [3.05, 3.63) is 51.2 Å². The Hall–Kier alpha value is -1.32. The lowest BCUT2D eigenvalue weighted by Gasteiger charge is -2.23. The van der Waals surface area contributed by atoms with Crippen molar-refractivity contribution in [1.82, 2.24) is 5.32 Å². The molecule has 0 spiro atoms. The number of hydrogen-bond donors (Lipinski definition) is 1. The smallest absolute Gasteiger partial charge is 0.126 e. The quantitative estimate of drug-likeness (QED) is 0.803. The summed E-state index contributed by atoms with van der Waals surface area (Å²) in [5, 5.41) is 5.81. The molecule has 0 aliphatic heterocycles. The molecule has 2 rings (SSSR count). The standard InChI is InChI=1S/C18H25NOS/c1-5-10-19-17(12-15-7-6-11-21-15)16-9-8-13(2)14(3)18(16)20-4/h6-9,11,17,19H,5,10,12H2,1-4H3. The molecule has 1 N–H and O–H groups in total. The summed E-state index contributed by atoms with van der Waals surface area (Å²) in [4.78, 5) is 1.41. The van der Waals surface area contributed by atoms with E-state index in [1.165, 1.54) is 21.6 Å². The molecule has 1 unspecified atom stereocenters. The zero-order valence-corrected chi connectivity index (χ0v) is 14.2. The number of aryl methyl sites for hydroxylation is 1. The highest BCUT2D eigenvalue weighted by Crippen LogP contribution is 2.33. The van der Waals surface area contributed by atoms with Crippen LogP contribution in [0, 0.1) is 13.8 Å². The molecule has 1 heterocycles. The third-order valence-corrected chi connectivity index (χ3v) is 4.81. The molecular formula is C18H25NOS. The molecular weight excluding hydrogens is 278 g/mol. The Morgan fingerprint density at radius 2 is 2.05 bits per heavy atom. The molecule has 0 saturated heterocycles. The van der Waals surface area contributed by atoms with Crippen molar-refractivity contribution in [3.63, 3.8) is 0 Å². The van der Waals surface area contributed by atoms with Crippen LogP contribution in [0.2, 0.25) is 0 Å². The van der Waals surface area contributed by atoms with Gasteiger partial charge in [-0.1, -0.05) is 25.1 Å². The molecule has 2 nitrogen and oxygen atoms in total. The fraction of sp³-hybridized carbons (Fsp3) is 0.444. The van der Waals surface area contributed by atoms with Crippen LogP contribution >= 0.6 is 11.3 Å². The molecule has 0 amide bonds. The van der Waals surface area contributed by atoms with Gasteiger partial charge < -0.3 is 10.1 Å². The van der Waals surface area contributed by atoms with Gasteiger partial charge in [0, 0.05) is 22.9 Å². The first kappa shape index (κ1) is 16.1. The SMILES string of the molecule is CCCNC(Cc1cccs1)c1ccc(C)c(C)c1OC. The van der Waals surface area contributed by atoms with Crippen LogP contribution < -0.4 is 10.1 Å². The molecule has 0 fully saturated rings. The lowest BCUT2D eigenvalue weighted by molar-refractivity contribution is 0.395. The molecule has 1 aromatic heterocycles. The Balaban J connectivity index is 2.33. The summed E-state index contributed by atoms with van der Waals surface area (Å²) >= 11 is 1.82. The van der Waals surface area contributed by atoms with Gasteiger partial charge in [-0.25, -0.2) is 0 Å². The van der Waals surface area contributed by atoms with Gasteiger partial charge in [-0.15, -0.1) is 11.3 Å². The van der Waals surface area contributed by atoms with E-state index in [2.05, 4.69) is 55.7 Å². The van der Waals surface area contributed by atoms with Crippen molar-refractivity contribution in [2.45, 2.75) is 39.7 Å². The van der Waals surface area contributed by atoms with E-state index in [0.29, 0.717) is 6.04 Å². The topological polar surface area (TPSA) is 21.3 Å². The van der Waals surface area contributed by atoms with Gasteiger partial charge in [0.15, 0.2) is 0 Å². The van der Waals surface area contributed by atoms with Crippen LogP contribution in [0.25, 0.3) is 0 Å². The van der Waals surface area contributed by atoms with E-state index in [9.17, 15) is 0 Å². The fourth-order valence-electron chi connectivity index (χ4n) is 2.60. The second kappa shape index (κ2) is 7.62. The minimum Gasteiger partial charge on any atom is -0.496 e. The molecule has 0 radical (unpaired) electrons. The Bertz CT molecular complexity index is 563. The summed E-state index contributed by atoms with van der Waals surface area (Å²) < 4.78 is 5.70. The molecule has 2 aromatic rings. The van der Waals surface area contributed by atoms with Crippen LogP contribution in [0.15, 0.2) is 29.6 Å². The average molecular weight is 303 g/mol. The van der Waals surface area contributed by atoms with Crippen molar-refractivity contribution in [2.24, 2.45) is 0 Å². The fourth-order valence-corrected chi connectivity index (χ4v) is 3.35. The van der Waals surface area contributed by atoms with E-state index in [-0.39, 0.29) is 0 Å². The van der Waals surface area contributed by atoms with Gasteiger partial charge in [0.1, 0.15) is 5.75 Å². The number of thiophene rings is 1. The predicted molar refractivity (Wildman–Crippen MR) is 91.5 cm³/mol. The van der Waals surface area contributed by atoms with Crippen molar-refractivity contribution in [1.29, 1.82) is 0 Å². The van der Waals surface area contributed by atoms with Crippen LogP contribution in [-0.2, 0) is 6.42 Å². The minimum absolute atomic E-state index is 0.304. The molecule has 0 bridgehead atoms. The normalized spacial score (nSPS) is 12.4. The van der Waals surface area contributed by atoms with Crippen LogP contribution in [0.5, 0.6) is 5.75 Å². The van der Waals surface area contributed by atoms with Gasteiger partial charge in [0.25, 0.3) is 0 Å². The summed E-state index contributed by atoms with van der Waals surface area (Å²) in [7, 11) is 1.77. The summed E-state index contributed by atoms with van der Waals surface area (Å²) in [5.74, 6) is 1.03. The average Bonchev–Trinajstić information content (AvgIpc) is 2.99. The maximum atomic E-state index is 5.70. The summed E-state index contributed by atoms with van der Waals surface area (Å²) in [5.41, 5.74) is 3.79. The van der Waals surface area contributed by atoms with Gasteiger partial charge >= 0.3 is 0 Å². The summed E-state index contributed by atoms with van der Waals surface area (Å²) in [6.45, 7) is 7.49. The number of nitrogens with one attached hydrogen (secondary N) is 1. The first-order valence-corrected chi connectivity index (χ1v) is 8.45. The Kier molecular flexibility index (Phi) is 5.83. The summed E-state index contributed by atoms with van der Waals surface area (Å²) in [6, 6.07) is 9.04. The number of ether oxygens (including phenoxy) is 1. The monoisotopic (exact) mass is 303 g/mol. The highest BCUT2D eigenvalue weighted by molar-refractivity contribution is 7.09. The third kappa shape index (κ3) is 3.86. The number of hydrogen-bond acceptors (Lipinski definition) is 3. The largest absolute Gasteiger partial charge is 0.496 e. The second-order valence-corrected chi connectivity index (χ2v) is 6.45. The van der Waals surface area contributed by atoms with E-state index < -0.39 is 0 Å².